The van der Waals surface area contributed by atoms with Gasteiger partial charge >= 0.3 is 12.7 Å². The molecule has 0 unspecified atom stereocenters. The molecule has 0 aliphatic heterocycles. The van der Waals surface area contributed by atoms with Crippen molar-refractivity contribution in [3.05, 3.63) is 93.2 Å². The summed E-state index contributed by atoms with van der Waals surface area (Å²) in [5.74, 6) is -0.387. The van der Waals surface area contributed by atoms with Gasteiger partial charge in [-0.25, -0.2) is 0 Å². The molecule has 0 aromatic heterocycles. The molecular weight excluding hydrogens is 1240 g/mol. The van der Waals surface area contributed by atoms with Crippen LogP contribution in [0.15, 0.2) is 60.7 Å². The number of hydrogen-bond donors (Lipinski definition) is 0. The van der Waals surface area contributed by atoms with E-state index in [4.69, 9.17) is 0 Å². The van der Waals surface area contributed by atoms with Gasteiger partial charge in [-0.3, -0.25) is 0 Å². The summed E-state index contributed by atoms with van der Waals surface area (Å²) >= 11 is 11.9. The molecule has 0 N–H and O–H groups in total. The Bertz CT molecular complexity index is 1490. The zero-order valence-electron chi connectivity index (χ0n) is 20.7. The highest BCUT2D eigenvalue weighted by Gasteiger charge is 2.34. The van der Waals surface area contributed by atoms with E-state index in [1.807, 2.05) is 115 Å². The second-order valence-corrected chi connectivity index (χ2v) is 15.8. The summed E-state index contributed by atoms with van der Waals surface area (Å²) in [6.07, 6.45) is -9.53. The molecule has 14 heteroatoms. The van der Waals surface area contributed by atoms with Crippen molar-refractivity contribution in [1.82, 2.24) is 0 Å². The summed E-state index contributed by atoms with van der Waals surface area (Å²) in [5, 5.41) is 0. The first-order chi connectivity index (χ1) is 19.4. The number of benzene rings is 4. The van der Waals surface area contributed by atoms with Crippen LogP contribution in [0.4, 0.5) is 26.3 Å². The highest BCUT2D eigenvalue weighted by Crippen LogP contribution is 2.40. The van der Waals surface area contributed by atoms with Gasteiger partial charge in [-0.2, -0.15) is 0 Å². The van der Waals surface area contributed by atoms with Gasteiger partial charge in [0.1, 0.15) is 0 Å². The van der Waals surface area contributed by atoms with Gasteiger partial charge in [0.05, 0.1) is 14.3 Å². The molecule has 0 atom stereocenters. The lowest BCUT2D eigenvalue weighted by molar-refractivity contribution is -0.276. The van der Waals surface area contributed by atoms with Crippen LogP contribution in [-0.4, -0.2) is 12.7 Å². The molecule has 0 radical (unpaired) electrons. The number of hydrogen-bond acceptors (Lipinski definition) is 2. The van der Waals surface area contributed by atoms with Crippen molar-refractivity contribution in [3.63, 3.8) is 0 Å². The molecule has 222 valence electrons. The fourth-order valence-corrected chi connectivity index (χ4v) is 9.80. The third-order valence-corrected chi connectivity index (χ3v) is 11.0. The Morgan fingerprint density at radius 1 is 0.500 bits per heavy atom. The van der Waals surface area contributed by atoms with E-state index in [0.29, 0.717) is 14.3 Å². The summed E-state index contributed by atoms with van der Waals surface area (Å²) < 4.78 is 88.6. The predicted molar refractivity (Wildman–Crippen MR) is 201 cm³/mol. The van der Waals surface area contributed by atoms with E-state index in [1.165, 1.54) is 0 Å². The molecule has 4 aromatic carbocycles. The second kappa shape index (κ2) is 14.1. The van der Waals surface area contributed by atoms with Crippen LogP contribution in [0.2, 0.25) is 0 Å². The molecule has 0 aliphatic carbocycles. The first-order valence-electron chi connectivity index (χ1n) is 11.5. The topological polar surface area (TPSA) is 18.5 Å². The van der Waals surface area contributed by atoms with Gasteiger partial charge in [0.25, 0.3) is 0 Å². The first-order valence-corrected chi connectivity index (χ1v) is 18.0. The Balaban J connectivity index is 1.60. The van der Waals surface area contributed by atoms with Crippen LogP contribution in [0.5, 0.6) is 11.5 Å². The SMILES string of the molecule is CC(c1ccc(-c2cc(I)c(OC(F)(F)F)c(I)c2)c(I)c1)c1ccc(-c2cc(I)c(OC(F)(F)F)c(I)c2)c(I)c1. The lowest BCUT2D eigenvalue weighted by Gasteiger charge is -2.18. The third kappa shape index (κ3) is 8.82. The van der Waals surface area contributed by atoms with E-state index in [1.54, 1.807) is 24.3 Å². The molecule has 4 aromatic rings. The smallest absolute Gasteiger partial charge is 0.404 e. The molecule has 4 rings (SSSR count). The minimum atomic E-state index is -4.77. The van der Waals surface area contributed by atoms with Crippen LogP contribution < -0.4 is 9.47 Å². The minimum absolute atomic E-state index is 0.0285. The highest BCUT2D eigenvalue weighted by atomic mass is 127. The van der Waals surface area contributed by atoms with Gasteiger partial charge < -0.3 is 9.47 Å². The van der Waals surface area contributed by atoms with Crippen LogP contribution in [0.1, 0.15) is 24.0 Å². The highest BCUT2D eigenvalue weighted by molar-refractivity contribution is 14.1. The summed E-state index contributed by atoms with van der Waals surface area (Å²) in [4.78, 5) is 0. The normalized spacial score (nSPS) is 12.1. The summed E-state index contributed by atoms with van der Waals surface area (Å²) in [6, 6.07) is 18.8. The first kappa shape index (κ1) is 35.3. The number of halogens is 12. The van der Waals surface area contributed by atoms with Crippen LogP contribution >= 0.6 is 136 Å². The molecule has 0 bridgehead atoms. The molecule has 0 saturated carbocycles. The Labute approximate surface area is 319 Å². The molecule has 42 heavy (non-hydrogen) atoms. The van der Waals surface area contributed by atoms with Gasteiger partial charge in [-0.1, -0.05) is 31.2 Å². The minimum Gasteiger partial charge on any atom is -0.404 e. The van der Waals surface area contributed by atoms with Crippen LogP contribution in [0.3, 0.4) is 0 Å². The summed E-state index contributed by atoms with van der Waals surface area (Å²) in [6.45, 7) is 2.08. The summed E-state index contributed by atoms with van der Waals surface area (Å²) in [5.41, 5.74) is 5.49. The van der Waals surface area contributed by atoms with Crippen molar-refractivity contribution in [2.24, 2.45) is 0 Å². The lowest BCUT2D eigenvalue weighted by Crippen LogP contribution is -2.18. The largest absolute Gasteiger partial charge is 0.573 e. The van der Waals surface area contributed by atoms with Crippen molar-refractivity contribution >= 4 is 136 Å². The quantitative estimate of drug-likeness (QED) is 0.141. The average molecular weight is 1260 g/mol. The fourth-order valence-electron chi connectivity index (χ4n) is 4.12. The summed E-state index contributed by atoms with van der Waals surface area (Å²) in [7, 11) is 0. The zero-order chi connectivity index (χ0) is 31.1. The van der Waals surface area contributed by atoms with E-state index in [2.05, 4.69) is 73.7 Å². The molecule has 2 nitrogen and oxygen atoms in total. The van der Waals surface area contributed by atoms with Crippen LogP contribution in [0.25, 0.3) is 22.3 Å². The lowest BCUT2D eigenvalue weighted by atomic mass is 9.90. The van der Waals surface area contributed by atoms with E-state index >= 15 is 0 Å². The monoisotopic (exact) mass is 1260 g/mol. The Morgan fingerprint density at radius 3 is 1.07 bits per heavy atom. The number of rotatable bonds is 6. The van der Waals surface area contributed by atoms with Gasteiger partial charge in [0.15, 0.2) is 11.5 Å². The van der Waals surface area contributed by atoms with E-state index in [9.17, 15) is 26.3 Å². The van der Waals surface area contributed by atoms with Crippen molar-refractivity contribution in [1.29, 1.82) is 0 Å². The van der Waals surface area contributed by atoms with Crippen LogP contribution in [-0.2, 0) is 0 Å². The predicted octanol–water partition coefficient (Wildman–Crippen LogP) is 12.6. The Morgan fingerprint density at radius 2 is 0.810 bits per heavy atom. The Kier molecular flexibility index (Phi) is 11.8. The number of alkyl halides is 6. The van der Waals surface area contributed by atoms with E-state index < -0.39 is 12.7 Å². The van der Waals surface area contributed by atoms with Gasteiger partial charge in [-0.15, -0.1) is 26.3 Å². The van der Waals surface area contributed by atoms with Gasteiger partial charge in [-0.05, 0) is 205 Å². The molecule has 0 spiro atoms. The average Bonchev–Trinajstić information content (AvgIpc) is 2.86. The molecular formula is C28H14F6I6O2. The van der Waals surface area contributed by atoms with E-state index in [0.717, 1.165) is 40.5 Å². The zero-order valence-corrected chi connectivity index (χ0v) is 33.6. The molecule has 0 amide bonds. The van der Waals surface area contributed by atoms with Crippen LogP contribution in [0, 0.1) is 21.4 Å². The van der Waals surface area contributed by atoms with Gasteiger partial charge in [0, 0.05) is 13.1 Å². The maximum atomic E-state index is 12.8. The van der Waals surface area contributed by atoms with Crippen molar-refractivity contribution < 1.29 is 35.8 Å². The van der Waals surface area contributed by atoms with Crippen molar-refractivity contribution in [2.75, 3.05) is 0 Å². The maximum absolute atomic E-state index is 12.8. The van der Waals surface area contributed by atoms with Gasteiger partial charge in [0.2, 0.25) is 0 Å². The molecule has 0 aliphatic rings. The van der Waals surface area contributed by atoms with Crippen molar-refractivity contribution in [3.8, 4) is 33.8 Å². The molecule has 0 heterocycles. The Hall–Kier alpha value is 0.440. The maximum Gasteiger partial charge on any atom is 0.573 e. The van der Waals surface area contributed by atoms with Crippen molar-refractivity contribution in [2.45, 2.75) is 25.6 Å². The molecule has 0 fully saturated rings. The number of ether oxygens (including phenoxy) is 2. The molecule has 0 saturated heterocycles. The fraction of sp³-hybridized carbons (Fsp3) is 0.143. The standard InChI is InChI=1S/C28H14F6I6O2/c1-12(13-2-4-17(19(35)6-13)15-8-21(37)25(22(38)9-15)41-27(29,30)31)14-3-5-18(20(36)7-14)16-10-23(39)26(24(40)11-16)42-28(32,33)34/h2-12H,1H3. The second-order valence-electron chi connectivity index (χ2n) is 8.83. The van der Waals surface area contributed by atoms with E-state index in [-0.39, 0.29) is 17.4 Å². The third-order valence-electron chi connectivity index (χ3n) is 6.04.